The van der Waals surface area contributed by atoms with Crippen LogP contribution in [0.4, 0.5) is 5.69 Å². The smallest absolute Gasteiger partial charge is 0.273 e. The number of nitro groups is 1. The molecule has 5 nitrogen and oxygen atoms in total. The average Bonchev–Trinajstić information content (AvgIpc) is 2.42. The molecule has 1 fully saturated rings. The number of methoxy groups -OCH3 is 1. The molecule has 0 saturated heterocycles. The molecule has 5 heteroatoms. The van der Waals surface area contributed by atoms with E-state index in [1.165, 1.54) is 13.2 Å². The number of ether oxygens (including phenoxy) is 1. The second-order valence-corrected chi connectivity index (χ2v) is 6.02. The Morgan fingerprint density at radius 2 is 2.05 bits per heavy atom. The molecule has 0 unspecified atom stereocenters. The van der Waals surface area contributed by atoms with Crippen molar-refractivity contribution in [3.05, 3.63) is 33.9 Å². The van der Waals surface area contributed by atoms with Gasteiger partial charge in [-0.05, 0) is 49.7 Å². The van der Waals surface area contributed by atoms with Gasteiger partial charge in [-0.2, -0.15) is 0 Å². The highest BCUT2D eigenvalue weighted by atomic mass is 16.6. The molecule has 0 aromatic heterocycles. The SMILES string of the molecule is COc1cc(CC2(N)CCC(C)CC2)cc([N+](=O)[O-])c1. The Bertz CT molecular complexity index is 494. The summed E-state index contributed by atoms with van der Waals surface area (Å²) in [6.07, 6.45) is 4.86. The molecule has 1 saturated carbocycles. The van der Waals surface area contributed by atoms with E-state index in [1.807, 2.05) is 6.07 Å². The molecule has 1 aromatic rings. The molecule has 20 heavy (non-hydrogen) atoms. The number of rotatable bonds is 4. The Hall–Kier alpha value is -1.62. The minimum absolute atomic E-state index is 0.0622. The maximum atomic E-state index is 11.0. The third kappa shape index (κ3) is 3.48. The zero-order valence-corrected chi connectivity index (χ0v) is 12.1. The number of hydrogen-bond acceptors (Lipinski definition) is 4. The molecule has 0 aliphatic heterocycles. The van der Waals surface area contributed by atoms with Crippen molar-refractivity contribution in [1.82, 2.24) is 0 Å². The molecule has 2 N–H and O–H groups in total. The van der Waals surface area contributed by atoms with Gasteiger partial charge in [-0.1, -0.05) is 6.92 Å². The standard InChI is InChI=1S/C15H22N2O3/c1-11-3-5-15(16,6-4-11)10-12-7-13(17(18)19)9-14(8-12)20-2/h7-9,11H,3-6,10,16H2,1-2H3. The van der Waals surface area contributed by atoms with Crippen LogP contribution < -0.4 is 10.5 Å². The first-order valence-corrected chi connectivity index (χ1v) is 7.03. The Balaban J connectivity index is 2.20. The van der Waals surface area contributed by atoms with E-state index in [0.29, 0.717) is 12.2 Å². The third-order valence-electron chi connectivity index (χ3n) is 4.22. The minimum Gasteiger partial charge on any atom is -0.496 e. The fourth-order valence-corrected chi connectivity index (χ4v) is 2.89. The Kier molecular flexibility index (Phi) is 4.28. The molecule has 0 spiro atoms. The van der Waals surface area contributed by atoms with E-state index in [9.17, 15) is 10.1 Å². The summed E-state index contributed by atoms with van der Waals surface area (Å²) in [7, 11) is 1.52. The van der Waals surface area contributed by atoms with Crippen LogP contribution in [0.25, 0.3) is 0 Å². The van der Waals surface area contributed by atoms with Crippen LogP contribution in [0.3, 0.4) is 0 Å². The van der Waals surface area contributed by atoms with E-state index in [4.69, 9.17) is 10.5 Å². The lowest BCUT2D eigenvalue weighted by Crippen LogP contribution is -2.45. The lowest BCUT2D eigenvalue weighted by atomic mass is 9.74. The molecule has 0 atom stereocenters. The topological polar surface area (TPSA) is 78.4 Å². The number of benzene rings is 1. The second-order valence-electron chi connectivity index (χ2n) is 6.02. The zero-order chi connectivity index (χ0) is 14.8. The van der Waals surface area contributed by atoms with Crippen LogP contribution >= 0.6 is 0 Å². The molecule has 110 valence electrons. The van der Waals surface area contributed by atoms with Crippen LogP contribution in [0.5, 0.6) is 5.75 Å². The summed E-state index contributed by atoms with van der Waals surface area (Å²) in [5.41, 5.74) is 7.16. The van der Waals surface area contributed by atoms with Gasteiger partial charge in [0.15, 0.2) is 0 Å². The van der Waals surface area contributed by atoms with E-state index in [1.54, 1.807) is 6.07 Å². The van der Waals surface area contributed by atoms with Crippen LogP contribution in [0.15, 0.2) is 18.2 Å². The van der Waals surface area contributed by atoms with Crippen LogP contribution in [-0.2, 0) is 6.42 Å². The number of nitrogens with two attached hydrogens (primary N) is 1. The van der Waals surface area contributed by atoms with Gasteiger partial charge in [0, 0.05) is 11.6 Å². The summed E-state index contributed by atoms with van der Waals surface area (Å²) < 4.78 is 5.14. The first-order chi connectivity index (χ1) is 9.42. The molecular formula is C15H22N2O3. The van der Waals surface area contributed by atoms with E-state index in [0.717, 1.165) is 37.2 Å². The van der Waals surface area contributed by atoms with Gasteiger partial charge in [0.1, 0.15) is 5.75 Å². The van der Waals surface area contributed by atoms with Gasteiger partial charge < -0.3 is 10.5 Å². The number of nitrogens with zero attached hydrogens (tertiary/aromatic N) is 1. The number of hydrogen-bond donors (Lipinski definition) is 1. The van der Waals surface area contributed by atoms with Crippen molar-refractivity contribution in [2.75, 3.05) is 7.11 Å². The van der Waals surface area contributed by atoms with Gasteiger partial charge in [-0.15, -0.1) is 0 Å². The minimum atomic E-state index is -0.391. The fourth-order valence-electron chi connectivity index (χ4n) is 2.89. The molecule has 1 aliphatic carbocycles. The third-order valence-corrected chi connectivity index (χ3v) is 4.22. The van der Waals surface area contributed by atoms with Crippen molar-refractivity contribution in [2.45, 2.75) is 44.6 Å². The maximum Gasteiger partial charge on any atom is 0.273 e. The molecule has 1 aliphatic rings. The largest absolute Gasteiger partial charge is 0.496 e. The molecule has 0 radical (unpaired) electrons. The lowest BCUT2D eigenvalue weighted by molar-refractivity contribution is -0.385. The predicted molar refractivity (Wildman–Crippen MR) is 77.9 cm³/mol. The van der Waals surface area contributed by atoms with Crippen LogP contribution in [-0.4, -0.2) is 17.6 Å². The van der Waals surface area contributed by atoms with Crippen molar-refractivity contribution in [1.29, 1.82) is 0 Å². The summed E-state index contributed by atoms with van der Waals surface area (Å²) in [5.74, 6) is 1.24. The molecule has 0 heterocycles. The highest BCUT2D eigenvalue weighted by molar-refractivity contribution is 5.43. The van der Waals surface area contributed by atoms with Gasteiger partial charge in [0.25, 0.3) is 5.69 Å². The van der Waals surface area contributed by atoms with Crippen molar-refractivity contribution in [2.24, 2.45) is 11.7 Å². The van der Waals surface area contributed by atoms with Gasteiger partial charge in [-0.25, -0.2) is 0 Å². The van der Waals surface area contributed by atoms with E-state index < -0.39 is 4.92 Å². The fraction of sp³-hybridized carbons (Fsp3) is 0.600. The summed E-state index contributed by atoms with van der Waals surface area (Å²) in [6, 6.07) is 4.89. The molecule has 2 rings (SSSR count). The number of non-ortho nitro benzene ring substituents is 1. The van der Waals surface area contributed by atoms with Crippen molar-refractivity contribution >= 4 is 5.69 Å². The second kappa shape index (κ2) is 5.79. The van der Waals surface area contributed by atoms with Crippen molar-refractivity contribution < 1.29 is 9.66 Å². The normalized spacial score (nSPS) is 26.2. The van der Waals surface area contributed by atoms with Gasteiger partial charge in [0.05, 0.1) is 18.1 Å². The quantitative estimate of drug-likeness (QED) is 0.678. The van der Waals surface area contributed by atoms with Crippen LogP contribution in [0, 0.1) is 16.0 Å². The van der Waals surface area contributed by atoms with Gasteiger partial charge in [0.2, 0.25) is 0 Å². The van der Waals surface area contributed by atoms with Gasteiger partial charge >= 0.3 is 0 Å². The summed E-state index contributed by atoms with van der Waals surface area (Å²) >= 11 is 0. The molecule has 1 aromatic carbocycles. The first-order valence-electron chi connectivity index (χ1n) is 7.03. The summed E-state index contributed by atoms with van der Waals surface area (Å²) in [6.45, 7) is 2.25. The lowest BCUT2D eigenvalue weighted by Gasteiger charge is -2.36. The Morgan fingerprint density at radius 3 is 2.60 bits per heavy atom. The predicted octanol–water partition coefficient (Wildman–Crippen LogP) is 3.05. The van der Waals surface area contributed by atoms with Gasteiger partial charge in [-0.3, -0.25) is 10.1 Å². The van der Waals surface area contributed by atoms with E-state index >= 15 is 0 Å². The Labute approximate surface area is 119 Å². The molecular weight excluding hydrogens is 256 g/mol. The maximum absolute atomic E-state index is 11.0. The van der Waals surface area contributed by atoms with Crippen LogP contribution in [0.2, 0.25) is 0 Å². The summed E-state index contributed by atoms with van der Waals surface area (Å²) in [5, 5.41) is 11.0. The highest BCUT2D eigenvalue weighted by Crippen LogP contribution is 2.34. The van der Waals surface area contributed by atoms with Crippen molar-refractivity contribution in [3.8, 4) is 5.75 Å². The van der Waals surface area contributed by atoms with Crippen molar-refractivity contribution in [3.63, 3.8) is 0 Å². The molecule has 0 bridgehead atoms. The van der Waals surface area contributed by atoms with E-state index in [-0.39, 0.29) is 11.2 Å². The Morgan fingerprint density at radius 1 is 1.40 bits per heavy atom. The molecule has 0 amide bonds. The van der Waals surface area contributed by atoms with Crippen LogP contribution in [0.1, 0.15) is 38.2 Å². The average molecular weight is 278 g/mol. The zero-order valence-electron chi connectivity index (χ0n) is 12.1. The first kappa shape index (κ1) is 14.8. The summed E-state index contributed by atoms with van der Waals surface area (Å²) in [4.78, 5) is 10.6. The highest BCUT2D eigenvalue weighted by Gasteiger charge is 2.30. The van der Waals surface area contributed by atoms with E-state index in [2.05, 4.69) is 6.92 Å². The number of nitro benzene ring substituents is 1. The monoisotopic (exact) mass is 278 g/mol.